The Bertz CT molecular complexity index is 1330. The van der Waals surface area contributed by atoms with Gasteiger partial charge in [0.05, 0.1) is 15.9 Å². The molecule has 11 heteroatoms. The maximum atomic E-state index is 12.8. The third kappa shape index (κ3) is 3.63. The van der Waals surface area contributed by atoms with Crippen LogP contribution in [-0.4, -0.2) is 39.2 Å². The van der Waals surface area contributed by atoms with Crippen molar-refractivity contribution >= 4 is 44.4 Å². The van der Waals surface area contributed by atoms with E-state index < -0.39 is 21.5 Å². The molecule has 2 aromatic heterocycles. The molecule has 0 saturated heterocycles. The lowest BCUT2D eigenvalue weighted by Gasteiger charge is -2.12. The number of carboxylic acid groups (broad SMARTS) is 1. The van der Waals surface area contributed by atoms with Gasteiger partial charge in [0.25, 0.3) is 0 Å². The number of hydrogen-bond acceptors (Lipinski definition) is 6. The number of aliphatic carboxylic acids is 1. The molecular formula is C18H18N4O5S2. The number of thiazole rings is 1. The zero-order valence-electron chi connectivity index (χ0n) is 15.6. The van der Waals surface area contributed by atoms with Gasteiger partial charge in [-0.15, -0.1) is 0 Å². The van der Waals surface area contributed by atoms with Crippen molar-refractivity contribution in [3.63, 3.8) is 0 Å². The quantitative estimate of drug-likeness (QED) is 0.570. The summed E-state index contributed by atoms with van der Waals surface area (Å²) in [6.07, 6.45) is 5.40. The van der Waals surface area contributed by atoms with E-state index in [1.807, 2.05) is 6.92 Å². The second-order valence-corrected chi connectivity index (χ2v) is 9.93. The molecule has 1 aliphatic rings. The summed E-state index contributed by atoms with van der Waals surface area (Å²) >= 11 is 1.13. The van der Waals surface area contributed by atoms with Gasteiger partial charge in [-0.05, 0) is 44.0 Å². The van der Waals surface area contributed by atoms with Gasteiger partial charge < -0.3 is 5.11 Å². The molecule has 152 valence electrons. The van der Waals surface area contributed by atoms with Crippen molar-refractivity contribution < 1.29 is 18.3 Å². The minimum atomic E-state index is -3.73. The molecule has 1 saturated carbocycles. The molecule has 2 heterocycles. The van der Waals surface area contributed by atoms with E-state index in [2.05, 4.69) is 9.71 Å². The maximum Gasteiger partial charge on any atom is 0.335 e. The maximum absolute atomic E-state index is 12.8. The Morgan fingerprint density at radius 2 is 2.07 bits per heavy atom. The molecule has 0 amide bonds. The number of imidazole rings is 1. The van der Waals surface area contributed by atoms with Gasteiger partial charge in [0, 0.05) is 29.7 Å². The minimum absolute atomic E-state index is 0.0695. The van der Waals surface area contributed by atoms with Crippen LogP contribution in [0.15, 0.2) is 40.2 Å². The third-order valence-corrected chi connectivity index (χ3v) is 7.40. The van der Waals surface area contributed by atoms with E-state index in [1.54, 1.807) is 13.1 Å². The van der Waals surface area contributed by atoms with Crippen molar-refractivity contribution in [3.05, 3.63) is 45.8 Å². The first kappa shape index (κ1) is 19.6. The fourth-order valence-corrected chi connectivity index (χ4v) is 5.27. The van der Waals surface area contributed by atoms with E-state index in [0.717, 1.165) is 30.3 Å². The van der Waals surface area contributed by atoms with Crippen LogP contribution in [0, 0.1) is 0 Å². The molecule has 9 nitrogen and oxygen atoms in total. The molecule has 1 fully saturated rings. The van der Waals surface area contributed by atoms with Crippen LogP contribution in [0.25, 0.3) is 22.2 Å². The largest absolute Gasteiger partial charge is 0.478 e. The summed E-state index contributed by atoms with van der Waals surface area (Å²) in [5, 5.41) is 9.08. The average molecular weight is 434 g/mol. The Morgan fingerprint density at radius 1 is 1.34 bits per heavy atom. The van der Waals surface area contributed by atoms with Crippen LogP contribution >= 0.6 is 11.3 Å². The van der Waals surface area contributed by atoms with Crippen molar-refractivity contribution in [3.8, 4) is 5.13 Å². The highest BCUT2D eigenvalue weighted by molar-refractivity contribution is 7.89. The first-order valence-electron chi connectivity index (χ1n) is 8.72. The summed E-state index contributed by atoms with van der Waals surface area (Å²) < 4.78 is 30.9. The van der Waals surface area contributed by atoms with Crippen LogP contribution in [-0.2, 0) is 21.9 Å². The zero-order chi connectivity index (χ0) is 21.0. The van der Waals surface area contributed by atoms with Crippen molar-refractivity contribution in [1.82, 2.24) is 18.8 Å². The number of carbonyl (C=O) groups is 1. The van der Waals surface area contributed by atoms with Gasteiger partial charge in [0.15, 0.2) is 5.13 Å². The summed E-state index contributed by atoms with van der Waals surface area (Å²) in [5.74, 6) is -1.09. The third-order valence-electron chi connectivity index (χ3n) is 4.81. The number of hydrogen-bond donors (Lipinski definition) is 2. The van der Waals surface area contributed by atoms with E-state index in [9.17, 15) is 18.0 Å². The summed E-state index contributed by atoms with van der Waals surface area (Å²) in [6.45, 7) is 1.85. The topological polar surface area (TPSA) is 123 Å². The lowest BCUT2D eigenvalue weighted by Crippen LogP contribution is -2.34. The average Bonchev–Trinajstić information content (AvgIpc) is 3.09. The lowest BCUT2D eigenvalue weighted by atomic mass is 10.3. The normalized spacial score (nSPS) is 15.9. The first-order valence-corrected chi connectivity index (χ1v) is 11.0. The number of rotatable bonds is 6. The van der Waals surface area contributed by atoms with Crippen LogP contribution in [0.2, 0.25) is 0 Å². The molecule has 0 unspecified atom stereocenters. The molecule has 29 heavy (non-hydrogen) atoms. The summed E-state index contributed by atoms with van der Waals surface area (Å²) in [4.78, 5) is 28.3. The van der Waals surface area contributed by atoms with Crippen LogP contribution < -0.4 is 10.4 Å². The molecule has 3 aromatic rings. The van der Waals surface area contributed by atoms with Crippen LogP contribution in [0.1, 0.15) is 24.6 Å². The zero-order valence-corrected chi connectivity index (χ0v) is 17.2. The SMILES string of the molecule is Cn1c(=O)n(-c2ncc(C=CC(=O)O)s2)c2cc(S(=O)(=O)NC3(C)CC3)ccc21. The van der Waals surface area contributed by atoms with Crippen molar-refractivity contribution in [2.75, 3.05) is 0 Å². The highest BCUT2D eigenvalue weighted by Crippen LogP contribution is 2.36. The Labute approximate surface area is 170 Å². The fraction of sp³-hybridized carbons (Fsp3) is 0.278. The molecule has 0 atom stereocenters. The first-order chi connectivity index (χ1) is 13.6. The van der Waals surface area contributed by atoms with Crippen LogP contribution in [0.4, 0.5) is 0 Å². The van der Waals surface area contributed by atoms with Gasteiger partial charge in [0.1, 0.15) is 0 Å². The fourth-order valence-electron chi connectivity index (χ4n) is 2.96. The molecule has 1 aromatic carbocycles. The number of aryl methyl sites for hydroxylation is 1. The van der Waals surface area contributed by atoms with Crippen molar-refractivity contribution in [2.24, 2.45) is 7.05 Å². The molecule has 0 bridgehead atoms. The molecule has 4 rings (SSSR count). The number of sulfonamides is 1. The predicted molar refractivity (Wildman–Crippen MR) is 109 cm³/mol. The van der Waals surface area contributed by atoms with E-state index in [1.165, 1.54) is 33.5 Å². The Kier molecular flexibility index (Phi) is 4.48. The number of aromatic nitrogens is 3. The van der Waals surface area contributed by atoms with E-state index in [4.69, 9.17) is 5.11 Å². The standard InChI is InChI=1S/C18H18N4O5S2/c1-18(7-8-18)20-29(26,27)12-4-5-13-14(9-12)22(17(25)21(13)2)16-19-10-11(28-16)3-6-15(23)24/h3-6,9-10,20H,7-8H2,1-2H3,(H,23,24). The van der Waals surface area contributed by atoms with Gasteiger partial charge in [-0.2, -0.15) is 0 Å². The second kappa shape index (κ2) is 6.65. The van der Waals surface area contributed by atoms with Crippen molar-refractivity contribution in [1.29, 1.82) is 0 Å². The monoisotopic (exact) mass is 434 g/mol. The smallest absolute Gasteiger partial charge is 0.335 e. The van der Waals surface area contributed by atoms with E-state index in [-0.39, 0.29) is 10.6 Å². The molecule has 0 spiro atoms. The highest BCUT2D eigenvalue weighted by Gasteiger charge is 2.41. The number of nitrogens with one attached hydrogen (secondary N) is 1. The van der Waals surface area contributed by atoms with Gasteiger partial charge in [-0.1, -0.05) is 11.3 Å². The lowest BCUT2D eigenvalue weighted by molar-refractivity contribution is -0.131. The minimum Gasteiger partial charge on any atom is -0.478 e. The van der Waals surface area contributed by atoms with Gasteiger partial charge in [0.2, 0.25) is 10.0 Å². The summed E-state index contributed by atoms with van der Waals surface area (Å²) in [5.41, 5.74) is 0.179. The molecule has 2 N–H and O–H groups in total. The van der Waals surface area contributed by atoms with Crippen LogP contribution in [0.5, 0.6) is 0 Å². The van der Waals surface area contributed by atoms with Gasteiger partial charge >= 0.3 is 11.7 Å². The Balaban J connectivity index is 1.83. The number of nitrogens with zero attached hydrogens (tertiary/aromatic N) is 3. The summed E-state index contributed by atoms with van der Waals surface area (Å²) in [6, 6.07) is 4.53. The highest BCUT2D eigenvalue weighted by atomic mass is 32.2. The molecule has 1 aliphatic carbocycles. The number of fused-ring (bicyclic) bond motifs is 1. The second-order valence-electron chi connectivity index (χ2n) is 7.21. The van der Waals surface area contributed by atoms with E-state index in [0.29, 0.717) is 21.0 Å². The van der Waals surface area contributed by atoms with Gasteiger partial charge in [-0.25, -0.2) is 32.3 Å². The van der Waals surface area contributed by atoms with Crippen LogP contribution in [0.3, 0.4) is 0 Å². The Hall–Kier alpha value is -2.76. The predicted octanol–water partition coefficient (Wildman–Crippen LogP) is 1.71. The molecule has 0 radical (unpaired) electrons. The van der Waals surface area contributed by atoms with Gasteiger partial charge in [-0.3, -0.25) is 4.57 Å². The van der Waals surface area contributed by atoms with E-state index >= 15 is 0 Å². The number of benzene rings is 1. The Morgan fingerprint density at radius 3 is 2.72 bits per heavy atom. The van der Waals surface area contributed by atoms with Crippen molar-refractivity contribution in [2.45, 2.75) is 30.2 Å². The molecular weight excluding hydrogens is 416 g/mol. The molecule has 0 aliphatic heterocycles. The number of carboxylic acids is 1. The summed E-state index contributed by atoms with van der Waals surface area (Å²) in [7, 11) is -2.14.